The van der Waals surface area contributed by atoms with Crippen LogP contribution < -0.4 is 0 Å². The van der Waals surface area contributed by atoms with Crippen LogP contribution >= 0.6 is 11.6 Å². The molecule has 0 unspecified atom stereocenters. The molecule has 0 bridgehead atoms. The van der Waals surface area contributed by atoms with Gasteiger partial charge in [-0.05, 0) is 29.8 Å². The average molecular weight is 281 g/mol. The van der Waals surface area contributed by atoms with Crippen molar-refractivity contribution in [3.63, 3.8) is 0 Å². The minimum absolute atomic E-state index is 0.232. The molecule has 20 heavy (non-hydrogen) atoms. The molecular weight excluding hydrogens is 272 g/mol. The maximum Gasteiger partial charge on any atom is 0.222 e. The Morgan fingerprint density at radius 1 is 0.900 bits per heavy atom. The third kappa shape index (κ3) is 1.67. The van der Waals surface area contributed by atoms with Gasteiger partial charge in [0, 0.05) is 22.5 Å². The van der Waals surface area contributed by atoms with Crippen LogP contribution in [0.4, 0.5) is 0 Å². The molecule has 96 valence electrons. The van der Waals surface area contributed by atoms with Crippen LogP contribution in [0.2, 0.25) is 5.28 Å². The third-order valence-electron chi connectivity index (χ3n) is 3.31. The first-order valence-corrected chi connectivity index (χ1v) is 6.60. The lowest BCUT2D eigenvalue weighted by Gasteiger charge is -2.01. The lowest BCUT2D eigenvalue weighted by molar-refractivity contribution is 0.670. The van der Waals surface area contributed by atoms with Crippen molar-refractivity contribution < 1.29 is 4.42 Å². The molecule has 0 aliphatic rings. The Morgan fingerprint density at radius 3 is 2.65 bits per heavy atom. The van der Waals surface area contributed by atoms with E-state index in [1.54, 1.807) is 6.20 Å². The maximum absolute atomic E-state index is 5.97. The topological polar surface area (TPSA) is 38.9 Å². The normalized spacial score (nSPS) is 11.2. The molecule has 3 nitrogen and oxygen atoms in total. The highest BCUT2D eigenvalue weighted by Crippen LogP contribution is 2.34. The fourth-order valence-electron chi connectivity index (χ4n) is 2.43. The van der Waals surface area contributed by atoms with Gasteiger partial charge in [-0.3, -0.25) is 0 Å². The van der Waals surface area contributed by atoms with Gasteiger partial charge in [-0.25, -0.2) is 9.97 Å². The van der Waals surface area contributed by atoms with Crippen molar-refractivity contribution in [1.29, 1.82) is 0 Å². The summed E-state index contributed by atoms with van der Waals surface area (Å²) in [4.78, 5) is 8.17. The van der Waals surface area contributed by atoms with Gasteiger partial charge in [-0.2, -0.15) is 0 Å². The molecule has 0 spiro atoms. The molecule has 4 heteroatoms. The Bertz CT molecular complexity index is 930. The minimum atomic E-state index is 0.232. The lowest BCUT2D eigenvalue weighted by atomic mass is 10.1. The standard InChI is InChI=1S/C16H9ClN2O/c17-16-18-9-8-13(19-16)12-6-3-5-11-10-4-1-2-7-14(10)20-15(11)12/h1-9H. The van der Waals surface area contributed by atoms with Crippen LogP contribution in [0.3, 0.4) is 0 Å². The number of fused-ring (bicyclic) bond motifs is 3. The van der Waals surface area contributed by atoms with E-state index in [9.17, 15) is 0 Å². The number of benzene rings is 2. The van der Waals surface area contributed by atoms with Gasteiger partial charge in [0.05, 0.1) is 5.69 Å². The van der Waals surface area contributed by atoms with Gasteiger partial charge >= 0.3 is 0 Å². The van der Waals surface area contributed by atoms with Crippen LogP contribution in [-0.4, -0.2) is 9.97 Å². The van der Waals surface area contributed by atoms with Crippen LogP contribution in [0.5, 0.6) is 0 Å². The largest absolute Gasteiger partial charge is 0.455 e. The quantitative estimate of drug-likeness (QED) is 0.475. The van der Waals surface area contributed by atoms with Crippen molar-refractivity contribution in [3.05, 3.63) is 60.0 Å². The molecule has 0 fully saturated rings. The van der Waals surface area contributed by atoms with Crippen LogP contribution in [0.25, 0.3) is 33.2 Å². The van der Waals surface area contributed by atoms with Crippen LogP contribution in [0.1, 0.15) is 0 Å². The van der Waals surface area contributed by atoms with Gasteiger partial charge in [0.25, 0.3) is 0 Å². The summed E-state index contributed by atoms with van der Waals surface area (Å²) in [6.45, 7) is 0. The van der Waals surface area contributed by atoms with E-state index in [1.165, 1.54) is 0 Å². The van der Waals surface area contributed by atoms with E-state index in [0.717, 1.165) is 33.2 Å². The summed E-state index contributed by atoms with van der Waals surface area (Å²) in [7, 11) is 0. The smallest absolute Gasteiger partial charge is 0.222 e. The molecule has 0 aliphatic heterocycles. The van der Waals surface area contributed by atoms with Crippen molar-refractivity contribution >= 4 is 33.5 Å². The number of hydrogen-bond donors (Lipinski definition) is 0. The summed E-state index contributed by atoms with van der Waals surface area (Å²) >= 11 is 5.87. The summed E-state index contributed by atoms with van der Waals surface area (Å²) in [6, 6.07) is 15.8. The summed E-state index contributed by atoms with van der Waals surface area (Å²) in [5.74, 6) is 0. The fourth-order valence-corrected chi connectivity index (χ4v) is 2.58. The summed E-state index contributed by atoms with van der Waals surface area (Å²) in [6.07, 6.45) is 1.64. The summed E-state index contributed by atoms with van der Waals surface area (Å²) in [5.41, 5.74) is 3.37. The second kappa shape index (κ2) is 4.32. The van der Waals surface area contributed by atoms with E-state index >= 15 is 0 Å². The van der Waals surface area contributed by atoms with Crippen molar-refractivity contribution in [2.45, 2.75) is 0 Å². The Hall–Kier alpha value is -2.39. The monoisotopic (exact) mass is 280 g/mol. The molecule has 0 N–H and O–H groups in total. The first-order chi connectivity index (χ1) is 9.83. The maximum atomic E-state index is 5.97. The van der Waals surface area contributed by atoms with Gasteiger partial charge < -0.3 is 4.42 Å². The number of halogens is 1. The number of furan rings is 1. The zero-order chi connectivity index (χ0) is 13.5. The molecule has 0 atom stereocenters. The van der Waals surface area contributed by atoms with Crippen molar-refractivity contribution in [3.8, 4) is 11.3 Å². The molecule has 0 aliphatic carbocycles. The van der Waals surface area contributed by atoms with Crippen molar-refractivity contribution in [2.24, 2.45) is 0 Å². The first-order valence-electron chi connectivity index (χ1n) is 6.22. The Morgan fingerprint density at radius 2 is 1.75 bits per heavy atom. The summed E-state index contributed by atoms with van der Waals surface area (Å²) < 4.78 is 5.97. The Balaban J connectivity index is 2.10. The van der Waals surface area contributed by atoms with Gasteiger partial charge in [0.2, 0.25) is 5.28 Å². The molecule has 4 rings (SSSR count). The molecule has 0 saturated heterocycles. The summed E-state index contributed by atoms with van der Waals surface area (Å²) in [5, 5.41) is 2.41. The Labute approximate surface area is 119 Å². The first kappa shape index (κ1) is 11.4. The van der Waals surface area contributed by atoms with Crippen molar-refractivity contribution in [1.82, 2.24) is 9.97 Å². The Kier molecular flexibility index (Phi) is 2.47. The second-order valence-electron chi connectivity index (χ2n) is 4.49. The van der Waals surface area contributed by atoms with E-state index in [2.05, 4.69) is 16.0 Å². The minimum Gasteiger partial charge on any atom is -0.455 e. The zero-order valence-corrected chi connectivity index (χ0v) is 11.1. The molecule has 2 heterocycles. The average Bonchev–Trinajstić information content (AvgIpc) is 2.86. The van der Waals surface area contributed by atoms with E-state index in [1.807, 2.05) is 42.5 Å². The second-order valence-corrected chi connectivity index (χ2v) is 4.83. The van der Waals surface area contributed by atoms with Crippen LogP contribution in [0, 0.1) is 0 Å². The molecule has 2 aromatic carbocycles. The molecule has 0 amide bonds. The highest BCUT2D eigenvalue weighted by Gasteiger charge is 2.12. The molecule has 0 radical (unpaired) electrons. The predicted molar refractivity (Wildman–Crippen MR) is 79.8 cm³/mol. The number of hydrogen-bond acceptors (Lipinski definition) is 3. The number of rotatable bonds is 1. The number of aromatic nitrogens is 2. The highest BCUT2D eigenvalue weighted by atomic mass is 35.5. The zero-order valence-electron chi connectivity index (χ0n) is 10.4. The molecule has 2 aromatic heterocycles. The molecule has 4 aromatic rings. The highest BCUT2D eigenvalue weighted by molar-refractivity contribution is 6.28. The number of para-hydroxylation sites is 2. The molecular formula is C16H9ClN2O. The van der Waals surface area contributed by atoms with Gasteiger partial charge in [0.15, 0.2) is 0 Å². The number of nitrogens with zero attached hydrogens (tertiary/aromatic N) is 2. The fraction of sp³-hybridized carbons (Fsp3) is 0. The van der Waals surface area contributed by atoms with Gasteiger partial charge in [-0.1, -0.05) is 30.3 Å². The SMILES string of the molecule is Clc1nccc(-c2cccc3c2oc2ccccc23)n1. The van der Waals surface area contributed by atoms with Gasteiger partial charge in [-0.15, -0.1) is 0 Å². The van der Waals surface area contributed by atoms with E-state index in [-0.39, 0.29) is 5.28 Å². The van der Waals surface area contributed by atoms with Crippen LogP contribution in [-0.2, 0) is 0 Å². The van der Waals surface area contributed by atoms with Crippen LogP contribution in [0.15, 0.2) is 59.1 Å². The van der Waals surface area contributed by atoms with E-state index in [4.69, 9.17) is 16.0 Å². The molecule has 0 saturated carbocycles. The van der Waals surface area contributed by atoms with Crippen molar-refractivity contribution in [2.75, 3.05) is 0 Å². The van der Waals surface area contributed by atoms with E-state index in [0.29, 0.717) is 0 Å². The van der Waals surface area contributed by atoms with Gasteiger partial charge in [0.1, 0.15) is 11.2 Å². The van der Waals surface area contributed by atoms with E-state index < -0.39 is 0 Å². The predicted octanol–water partition coefficient (Wildman–Crippen LogP) is 4.70. The lowest BCUT2D eigenvalue weighted by Crippen LogP contribution is -1.86. The third-order valence-corrected chi connectivity index (χ3v) is 3.49.